The minimum Gasteiger partial charge on any atom is -0.208 e. The summed E-state index contributed by atoms with van der Waals surface area (Å²) in [5.74, 6) is -0.0366. The molecule has 0 rings (SSSR count). The zero-order valence-corrected chi connectivity index (χ0v) is 7.39. The summed E-state index contributed by atoms with van der Waals surface area (Å²) in [6.45, 7) is 9.14. The molecule has 0 nitrogen and oxygen atoms in total. The molecule has 0 aliphatic heterocycles. The number of hydrogen-bond donors (Lipinski definition) is 0. The lowest BCUT2D eigenvalue weighted by Gasteiger charge is -2.04. The number of allylic oxidation sites excluding steroid dienone is 5. The second kappa shape index (κ2) is 4.89. The maximum atomic E-state index is 12.3. The highest BCUT2D eigenvalue weighted by molar-refractivity contribution is 5.26. The van der Waals surface area contributed by atoms with Crippen LogP contribution in [0.3, 0.4) is 0 Å². The van der Waals surface area contributed by atoms with E-state index in [1.807, 2.05) is 32.9 Å². The van der Waals surface area contributed by atoms with Gasteiger partial charge in [0.25, 0.3) is 0 Å². The molecule has 0 radical (unpaired) electrons. The van der Waals surface area contributed by atoms with Crippen LogP contribution in [-0.2, 0) is 0 Å². The van der Waals surface area contributed by atoms with E-state index in [0.29, 0.717) is 5.92 Å². The molecule has 0 fully saturated rings. The summed E-state index contributed by atoms with van der Waals surface area (Å²) in [4.78, 5) is 0. The van der Waals surface area contributed by atoms with E-state index < -0.39 is 0 Å². The minimum absolute atomic E-state index is 0.346. The number of halogens is 1. The molecule has 0 atom stereocenters. The minimum atomic E-state index is -0.383. The van der Waals surface area contributed by atoms with Gasteiger partial charge in [-0.3, -0.25) is 0 Å². The first kappa shape index (κ1) is 10.2. The third kappa shape index (κ3) is 4.54. The average molecular weight is 154 g/mol. The Morgan fingerprint density at radius 1 is 1.45 bits per heavy atom. The van der Waals surface area contributed by atoms with Crippen molar-refractivity contribution in [2.24, 2.45) is 5.92 Å². The third-order valence-corrected chi connectivity index (χ3v) is 1.35. The molecule has 0 saturated carbocycles. The SMILES string of the molecule is C=C(F)/C=C(\C=C/C)C(C)C. The monoisotopic (exact) mass is 154 g/mol. The van der Waals surface area contributed by atoms with Gasteiger partial charge >= 0.3 is 0 Å². The molecule has 0 bridgehead atoms. The van der Waals surface area contributed by atoms with E-state index >= 15 is 0 Å². The van der Waals surface area contributed by atoms with Crippen molar-refractivity contribution in [2.75, 3.05) is 0 Å². The second-order valence-electron chi connectivity index (χ2n) is 2.75. The average Bonchev–Trinajstić information content (AvgIpc) is 1.86. The van der Waals surface area contributed by atoms with Crippen LogP contribution in [0.25, 0.3) is 0 Å². The molecule has 62 valence electrons. The largest absolute Gasteiger partial charge is 0.208 e. The summed E-state index contributed by atoms with van der Waals surface area (Å²) in [5.41, 5.74) is 0.972. The summed E-state index contributed by atoms with van der Waals surface area (Å²) in [6.07, 6.45) is 5.26. The number of rotatable bonds is 3. The molecule has 0 heterocycles. The molecule has 0 aromatic rings. The van der Waals surface area contributed by atoms with Crippen LogP contribution >= 0.6 is 0 Å². The molecule has 0 aromatic heterocycles. The first-order valence-corrected chi connectivity index (χ1v) is 3.76. The van der Waals surface area contributed by atoms with Gasteiger partial charge in [-0.2, -0.15) is 0 Å². The topological polar surface area (TPSA) is 0 Å². The molecule has 0 saturated heterocycles. The molecule has 0 N–H and O–H groups in total. The van der Waals surface area contributed by atoms with Crippen LogP contribution in [-0.4, -0.2) is 0 Å². The smallest absolute Gasteiger partial charge is 0.116 e. The molecule has 0 spiro atoms. The van der Waals surface area contributed by atoms with E-state index in [1.54, 1.807) is 0 Å². The first-order valence-electron chi connectivity index (χ1n) is 3.76. The normalized spacial score (nSPS) is 13.0. The van der Waals surface area contributed by atoms with Gasteiger partial charge in [-0.25, -0.2) is 4.39 Å². The van der Waals surface area contributed by atoms with Crippen molar-refractivity contribution in [3.8, 4) is 0 Å². The standard InChI is InChI=1S/C10H15F/c1-5-6-10(8(2)3)7-9(4)11/h5-8H,4H2,1-3H3/b6-5-,10-7+. The van der Waals surface area contributed by atoms with E-state index in [0.717, 1.165) is 5.57 Å². The van der Waals surface area contributed by atoms with Crippen molar-refractivity contribution in [3.63, 3.8) is 0 Å². The van der Waals surface area contributed by atoms with Gasteiger partial charge in [-0.15, -0.1) is 0 Å². The van der Waals surface area contributed by atoms with Crippen molar-refractivity contribution in [3.05, 3.63) is 36.2 Å². The maximum absolute atomic E-state index is 12.3. The van der Waals surface area contributed by atoms with E-state index in [-0.39, 0.29) is 5.83 Å². The molecular weight excluding hydrogens is 139 g/mol. The first-order chi connectivity index (χ1) is 5.07. The molecule has 0 unspecified atom stereocenters. The highest BCUT2D eigenvalue weighted by atomic mass is 19.1. The van der Waals surface area contributed by atoms with E-state index in [9.17, 15) is 4.39 Å². The van der Waals surface area contributed by atoms with Crippen molar-refractivity contribution in [2.45, 2.75) is 20.8 Å². The second-order valence-corrected chi connectivity index (χ2v) is 2.75. The van der Waals surface area contributed by atoms with E-state index in [2.05, 4.69) is 6.58 Å². The van der Waals surface area contributed by atoms with Crippen LogP contribution in [0.4, 0.5) is 4.39 Å². The summed E-state index contributed by atoms with van der Waals surface area (Å²) < 4.78 is 12.3. The molecule has 11 heavy (non-hydrogen) atoms. The van der Waals surface area contributed by atoms with Gasteiger partial charge in [0, 0.05) is 0 Å². The van der Waals surface area contributed by atoms with Crippen LogP contribution in [0, 0.1) is 5.92 Å². The summed E-state index contributed by atoms with van der Waals surface area (Å²) in [5, 5.41) is 0. The van der Waals surface area contributed by atoms with Gasteiger partial charge in [0.15, 0.2) is 0 Å². The third-order valence-electron chi connectivity index (χ3n) is 1.35. The molecule has 0 aliphatic carbocycles. The Bertz CT molecular complexity index is 185. The zero-order valence-electron chi connectivity index (χ0n) is 7.39. The summed E-state index contributed by atoms with van der Waals surface area (Å²) in [7, 11) is 0. The lowest BCUT2D eigenvalue weighted by Crippen LogP contribution is -1.89. The highest BCUT2D eigenvalue weighted by Gasteiger charge is 1.98. The fraction of sp³-hybridized carbons (Fsp3) is 0.400. The fourth-order valence-corrected chi connectivity index (χ4v) is 0.781. The molecule has 0 aliphatic rings. The van der Waals surface area contributed by atoms with Crippen LogP contribution in [0.15, 0.2) is 36.2 Å². The van der Waals surface area contributed by atoms with Crippen LogP contribution in [0.2, 0.25) is 0 Å². The van der Waals surface area contributed by atoms with Crippen molar-refractivity contribution in [1.29, 1.82) is 0 Å². The van der Waals surface area contributed by atoms with E-state index in [1.165, 1.54) is 6.08 Å². The Morgan fingerprint density at radius 3 is 2.27 bits per heavy atom. The molecule has 0 amide bonds. The fourth-order valence-electron chi connectivity index (χ4n) is 0.781. The molecule has 1 heteroatoms. The van der Waals surface area contributed by atoms with Gasteiger partial charge in [0.05, 0.1) is 0 Å². The zero-order chi connectivity index (χ0) is 8.85. The Morgan fingerprint density at radius 2 is 2.00 bits per heavy atom. The highest BCUT2D eigenvalue weighted by Crippen LogP contribution is 2.13. The van der Waals surface area contributed by atoms with Gasteiger partial charge < -0.3 is 0 Å². The van der Waals surface area contributed by atoms with Crippen molar-refractivity contribution in [1.82, 2.24) is 0 Å². The Labute approximate surface area is 68.1 Å². The van der Waals surface area contributed by atoms with Crippen LogP contribution < -0.4 is 0 Å². The summed E-state index contributed by atoms with van der Waals surface area (Å²) >= 11 is 0. The Hall–Kier alpha value is -0.850. The predicted octanol–water partition coefficient (Wildman–Crippen LogP) is 3.63. The van der Waals surface area contributed by atoms with Gasteiger partial charge in [-0.1, -0.05) is 32.6 Å². The summed E-state index contributed by atoms with van der Waals surface area (Å²) in [6, 6.07) is 0. The maximum Gasteiger partial charge on any atom is 0.116 e. The Balaban J connectivity index is 4.46. The lowest BCUT2D eigenvalue weighted by molar-refractivity contribution is 0.664. The van der Waals surface area contributed by atoms with Crippen molar-refractivity contribution < 1.29 is 4.39 Å². The van der Waals surface area contributed by atoms with Gasteiger partial charge in [0.1, 0.15) is 5.83 Å². The van der Waals surface area contributed by atoms with E-state index in [4.69, 9.17) is 0 Å². The van der Waals surface area contributed by atoms with Gasteiger partial charge in [0.2, 0.25) is 0 Å². The predicted molar refractivity (Wildman–Crippen MR) is 48.0 cm³/mol. The van der Waals surface area contributed by atoms with Crippen LogP contribution in [0.5, 0.6) is 0 Å². The van der Waals surface area contributed by atoms with Crippen LogP contribution in [0.1, 0.15) is 20.8 Å². The number of hydrogen-bond acceptors (Lipinski definition) is 0. The molecule has 0 aromatic carbocycles. The lowest BCUT2D eigenvalue weighted by atomic mass is 10.0. The quantitative estimate of drug-likeness (QED) is 0.544. The molecular formula is C10H15F. The van der Waals surface area contributed by atoms with Gasteiger partial charge in [-0.05, 0) is 24.5 Å². The van der Waals surface area contributed by atoms with Crippen molar-refractivity contribution >= 4 is 0 Å². The Kier molecular flexibility index (Phi) is 4.51.